The van der Waals surface area contributed by atoms with E-state index < -0.39 is 12.1 Å². The van der Waals surface area contributed by atoms with Crippen LogP contribution < -0.4 is 10.2 Å². The quantitative estimate of drug-likeness (QED) is 0.876. The van der Waals surface area contributed by atoms with Gasteiger partial charge in [0.2, 0.25) is 5.91 Å². The number of rotatable bonds is 4. The molecule has 1 fully saturated rings. The van der Waals surface area contributed by atoms with Crippen LogP contribution in [-0.4, -0.2) is 49.1 Å². The van der Waals surface area contributed by atoms with Crippen molar-refractivity contribution in [1.29, 1.82) is 0 Å². The smallest absolute Gasteiger partial charge is 0.366 e. The molecule has 0 saturated carbocycles. The number of amides is 2. The van der Waals surface area contributed by atoms with Crippen molar-refractivity contribution in [2.45, 2.75) is 25.9 Å². The molecule has 0 aliphatic carbocycles. The van der Waals surface area contributed by atoms with Crippen LogP contribution in [0.1, 0.15) is 19.8 Å². The zero-order chi connectivity index (χ0) is 18.6. The highest BCUT2D eigenvalue weighted by Gasteiger charge is 2.43. The monoisotopic (exact) mass is 377 g/mol. The number of hydrogen-bond donors (Lipinski definition) is 1. The summed E-state index contributed by atoms with van der Waals surface area (Å²) in [6, 6.07) is 4.97. The predicted molar refractivity (Wildman–Crippen MR) is 89.8 cm³/mol. The fourth-order valence-corrected chi connectivity index (χ4v) is 2.83. The first-order valence-electron chi connectivity index (χ1n) is 7.92. The molecule has 25 heavy (non-hydrogen) atoms. The number of piperazine rings is 1. The summed E-state index contributed by atoms with van der Waals surface area (Å²) < 4.78 is 37.5. The molecular formula is C16H19ClF3N3O2. The highest BCUT2D eigenvalue weighted by molar-refractivity contribution is 6.31. The van der Waals surface area contributed by atoms with Crippen molar-refractivity contribution < 1.29 is 22.8 Å². The first kappa shape index (κ1) is 19.4. The number of carbonyl (C=O) groups excluding carboxylic acids is 2. The first-order chi connectivity index (χ1) is 11.7. The summed E-state index contributed by atoms with van der Waals surface area (Å²) in [6.45, 7) is 2.28. The van der Waals surface area contributed by atoms with Crippen molar-refractivity contribution in [3.63, 3.8) is 0 Å². The summed E-state index contributed by atoms with van der Waals surface area (Å²) >= 11 is 5.98. The summed E-state index contributed by atoms with van der Waals surface area (Å²) in [5, 5.41) is 3.23. The number of carbonyl (C=O) groups is 2. The van der Waals surface area contributed by atoms with Gasteiger partial charge >= 0.3 is 12.1 Å². The molecule has 0 radical (unpaired) electrons. The molecule has 0 aromatic heterocycles. The van der Waals surface area contributed by atoms with E-state index in [0.29, 0.717) is 29.2 Å². The maximum atomic E-state index is 12.5. The van der Waals surface area contributed by atoms with E-state index in [-0.39, 0.29) is 32.1 Å². The van der Waals surface area contributed by atoms with Gasteiger partial charge in [0.25, 0.3) is 0 Å². The van der Waals surface area contributed by atoms with E-state index in [1.54, 1.807) is 18.2 Å². The largest absolute Gasteiger partial charge is 0.471 e. The third-order valence-electron chi connectivity index (χ3n) is 3.86. The van der Waals surface area contributed by atoms with Gasteiger partial charge in [0, 0.05) is 37.6 Å². The molecule has 1 aliphatic rings. The van der Waals surface area contributed by atoms with Gasteiger partial charge in [-0.05, 0) is 24.6 Å². The van der Waals surface area contributed by atoms with E-state index in [2.05, 4.69) is 5.32 Å². The van der Waals surface area contributed by atoms with Crippen LogP contribution in [0.2, 0.25) is 5.02 Å². The highest BCUT2D eigenvalue weighted by atomic mass is 35.5. The standard InChI is InChI=1S/C16H19ClF3N3O2/c1-2-3-14(24)21-12-10-11(17)4-5-13(12)22-6-8-23(9-7-22)15(25)16(18,19)20/h4-5,10H,2-3,6-9H2,1H3,(H,21,24). The Kier molecular flexibility index (Phi) is 6.16. The van der Waals surface area contributed by atoms with Crippen molar-refractivity contribution in [3.05, 3.63) is 23.2 Å². The third-order valence-corrected chi connectivity index (χ3v) is 4.09. The zero-order valence-corrected chi connectivity index (χ0v) is 14.5. The second-order valence-corrected chi connectivity index (χ2v) is 6.17. The second-order valence-electron chi connectivity index (χ2n) is 5.74. The van der Waals surface area contributed by atoms with Crippen LogP contribution in [0, 0.1) is 0 Å². The predicted octanol–water partition coefficient (Wildman–Crippen LogP) is 3.29. The maximum Gasteiger partial charge on any atom is 0.471 e. The normalized spacial score (nSPS) is 15.2. The summed E-state index contributed by atoms with van der Waals surface area (Å²) in [5.41, 5.74) is 1.19. The molecule has 0 unspecified atom stereocenters. The molecule has 0 bridgehead atoms. The van der Waals surface area contributed by atoms with Gasteiger partial charge in [0.05, 0.1) is 11.4 Å². The minimum absolute atomic E-state index is 0.0384. The van der Waals surface area contributed by atoms with Gasteiger partial charge in [-0.3, -0.25) is 9.59 Å². The Hall–Kier alpha value is -1.96. The van der Waals surface area contributed by atoms with Crippen molar-refractivity contribution in [1.82, 2.24) is 4.90 Å². The van der Waals surface area contributed by atoms with Crippen molar-refractivity contribution in [2.75, 3.05) is 36.4 Å². The number of hydrogen-bond acceptors (Lipinski definition) is 3. The average Bonchev–Trinajstić information content (AvgIpc) is 2.54. The Labute approximate surface area is 148 Å². The minimum atomic E-state index is -4.86. The fraction of sp³-hybridized carbons (Fsp3) is 0.500. The molecule has 1 aliphatic heterocycles. The SMILES string of the molecule is CCCC(=O)Nc1cc(Cl)ccc1N1CCN(C(=O)C(F)(F)F)CC1. The molecule has 1 heterocycles. The van der Waals surface area contributed by atoms with E-state index in [4.69, 9.17) is 11.6 Å². The van der Waals surface area contributed by atoms with Crippen LogP contribution in [0.25, 0.3) is 0 Å². The molecule has 2 rings (SSSR count). The lowest BCUT2D eigenvalue weighted by atomic mass is 10.2. The van der Waals surface area contributed by atoms with E-state index in [9.17, 15) is 22.8 Å². The van der Waals surface area contributed by atoms with E-state index in [0.717, 1.165) is 4.90 Å². The van der Waals surface area contributed by atoms with Crippen LogP contribution in [-0.2, 0) is 9.59 Å². The van der Waals surface area contributed by atoms with Crippen LogP contribution in [0.5, 0.6) is 0 Å². The topological polar surface area (TPSA) is 52.7 Å². The molecule has 1 saturated heterocycles. The van der Waals surface area contributed by atoms with Gasteiger partial charge < -0.3 is 15.1 Å². The lowest BCUT2D eigenvalue weighted by Gasteiger charge is -2.37. The van der Waals surface area contributed by atoms with Gasteiger partial charge in [-0.2, -0.15) is 13.2 Å². The third kappa shape index (κ3) is 5.01. The highest BCUT2D eigenvalue weighted by Crippen LogP contribution is 2.31. The van der Waals surface area contributed by atoms with Gasteiger partial charge in [-0.1, -0.05) is 18.5 Å². The summed E-state index contributed by atoms with van der Waals surface area (Å²) in [4.78, 5) is 25.8. The molecule has 5 nitrogen and oxygen atoms in total. The number of nitrogens with zero attached hydrogens (tertiary/aromatic N) is 2. The number of nitrogens with one attached hydrogen (secondary N) is 1. The Balaban J connectivity index is 2.10. The van der Waals surface area contributed by atoms with Gasteiger partial charge in [-0.25, -0.2) is 0 Å². The van der Waals surface area contributed by atoms with Gasteiger partial charge in [0.1, 0.15) is 0 Å². The molecule has 0 spiro atoms. The molecule has 2 amide bonds. The first-order valence-corrected chi connectivity index (χ1v) is 8.30. The van der Waals surface area contributed by atoms with Crippen molar-refractivity contribution in [3.8, 4) is 0 Å². The summed E-state index contributed by atoms with van der Waals surface area (Å²) in [5.74, 6) is -1.98. The van der Waals surface area contributed by atoms with E-state index in [1.165, 1.54) is 0 Å². The Morgan fingerprint density at radius 3 is 2.40 bits per heavy atom. The average molecular weight is 378 g/mol. The molecule has 1 aromatic carbocycles. The van der Waals surface area contributed by atoms with Crippen LogP contribution in [0.3, 0.4) is 0 Å². The molecule has 0 atom stereocenters. The number of halogens is 4. The van der Waals surface area contributed by atoms with Crippen LogP contribution >= 0.6 is 11.6 Å². The molecular weight excluding hydrogens is 359 g/mol. The Morgan fingerprint density at radius 1 is 1.20 bits per heavy atom. The fourth-order valence-electron chi connectivity index (χ4n) is 2.65. The molecule has 1 aromatic rings. The molecule has 9 heteroatoms. The van der Waals surface area contributed by atoms with Crippen LogP contribution in [0.4, 0.5) is 24.5 Å². The number of alkyl halides is 3. The van der Waals surface area contributed by atoms with Crippen LogP contribution in [0.15, 0.2) is 18.2 Å². The lowest BCUT2D eigenvalue weighted by Crippen LogP contribution is -2.52. The number of anilines is 2. The summed E-state index contributed by atoms with van der Waals surface area (Å²) in [7, 11) is 0. The van der Waals surface area contributed by atoms with Crippen molar-refractivity contribution >= 4 is 34.8 Å². The maximum absolute atomic E-state index is 12.5. The summed E-state index contributed by atoms with van der Waals surface area (Å²) in [6.07, 6.45) is -3.80. The lowest BCUT2D eigenvalue weighted by molar-refractivity contribution is -0.185. The minimum Gasteiger partial charge on any atom is -0.366 e. The zero-order valence-electron chi connectivity index (χ0n) is 13.7. The Morgan fingerprint density at radius 2 is 1.84 bits per heavy atom. The van der Waals surface area contributed by atoms with Gasteiger partial charge in [-0.15, -0.1) is 0 Å². The number of benzene rings is 1. The Bertz CT molecular complexity index is 644. The van der Waals surface area contributed by atoms with E-state index in [1.807, 2.05) is 11.8 Å². The van der Waals surface area contributed by atoms with Gasteiger partial charge in [0.15, 0.2) is 0 Å². The second kappa shape index (κ2) is 7.95. The molecule has 138 valence electrons. The van der Waals surface area contributed by atoms with E-state index >= 15 is 0 Å². The van der Waals surface area contributed by atoms with Crippen molar-refractivity contribution in [2.24, 2.45) is 0 Å². The molecule has 1 N–H and O–H groups in total.